The summed E-state index contributed by atoms with van der Waals surface area (Å²) in [5.41, 5.74) is 8.53. The van der Waals surface area contributed by atoms with E-state index in [1.807, 2.05) is 26.8 Å². The summed E-state index contributed by atoms with van der Waals surface area (Å²) in [5, 5.41) is 12.6. The molecule has 1 amide bonds. The normalized spacial score (nSPS) is 11.0. The maximum absolute atomic E-state index is 12.3. The molecule has 21 heavy (non-hydrogen) atoms. The summed E-state index contributed by atoms with van der Waals surface area (Å²) in [7, 11) is 0. The van der Waals surface area contributed by atoms with Crippen molar-refractivity contribution < 1.29 is 4.79 Å². The Bertz CT molecular complexity index is 852. The number of hydrogen-bond acceptors (Lipinski definition) is 7. The van der Waals surface area contributed by atoms with Crippen LogP contribution in [0.1, 0.15) is 25.9 Å². The predicted molar refractivity (Wildman–Crippen MR) is 86.1 cm³/mol. The van der Waals surface area contributed by atoms with Gasteiger partial charge in [0.2, 0.25) is 5.13 Å². The van der Waals surface area contributed by atoms with Gasteiger partial charge in [0, 0.05) is 11.1 Å². The number of carbonyl (C=O) groups is 1. The van der Waals surface area contributed by atoms with Crippen LogP contribution in [0.15, 0.2) is 6.07 Å². The van der Waals surface area contributed by atoms with Gasteiger partial charge < -0.3 is 5.73 Å². The zero-order valence-electron chi connectivity index (χ0n) is 11.7. The molecule has 0 aliphatic heterocycles. The Morgan fingerprint density at radius 3 is 2.67 bits per heavy atom. The summed E-state index contributed by atoms with van der Waals surface area (Å²) < 4.78 is 0. The van der Waals surface area contributed by atoms with Crippen LogP contribution in [0.2, 0.25) is 0 Å². The summed E-state index contributed by atoms with van der Waals surface area (Å²) >= 11 is 2.62. The van der Waals surface area contributed by atoms with Gasteiger partial charge in [-0.15, -0.1) is 21.5 Å². The van der Waals surface area contributed by atoms with E-state index in [9.17, 15) is 4.79 Å². The molecule has 0 radical (unpaired) electrons. The van der Waals surface area contributed by atoms with E-state index in [4.69, 9.17) is 5.73 Å². The highest BCUT2D eigenvalue weighted by Gasteiger charge is 2.19. The van der Waals surface area contributed by atoms with Gasteiger partial charge in [-0.3, -0.25) is 10.1 Å². The van der Waals surface area contributed by atoms with Gasteiger partial charge >= 0.3 is 0 Å². The van der Waals surface area contributed by atoms with E-state index in [0.717, 1.165) is 26.5 Å². The van der Waals surface area contributed by atoms with E-state index in [0.29, 0.717) is 15.7 Å². The number of rotatable bonds is 2. The minimum absolute atomic E-state index is 0.274. The third kappa shape index (κ3) is 2.47. The number of hydrogen-bond donors (Lipinski definition) is 2. The molecule has 0 unspecified atom stereocenters. The second kappa shape index (κ2) is 5.05. The summed E-state index contributed by atoms with van der Waals surface area (Å²) in [6, 6.07) is 1.96. The lowest BCUT2D eigenvalue weighted by Crippen LogP contribution is -2.11. The van der Waals surface area contributed by atoms with Crippen molar-refractivity contribution in [2.75, 3.05) is 11.1 Å². The molecule has 3 heterocycles. The van der Waals surface area contributed by atoms with Gasteiger partial charge in [-0.25, -0.2) is 4.98 Å². The number of carbonyl (C=O) groups excluding carboxylic acids is 1. The number of thiophene rings is 1. The minimum Gasteiger partial charge on any atom is -0.397 e. The van der Waals surface area contributed by atoms with Crippen molar-refractivity contribution in [3.8, 4) is 0 Å². The van der Waals surface area contributed by atoms with Gasteiger partial charge in [0.25, 0.3) is 5.91 Å². The smallest absolute Gasteiger partial charge is 0.269 e. The fraction of sp³-hybridized carbons (Fsp3) is 0.231. The third-order valence-electron chi connectivity index (χ3n) is 2.98. The van der Waals surface area contributed by atoms with E-state index in [-0.39, 0.29) is 5.91 Å². The number of amides is 1. The van der Waals surface area contributed by atoms with Crippen molar-refractivity contribution >= 4 is 49.6 Å². The summed E-state index contributed by atoms with van der Waals surface area (Å²) in [6.45, 7) is 5.72. The number of aryl methyl sites for hydroxylation is 3. The number of nitrogens with one attached hydrogen (secondary N) is 1. The molecule has 3 N–H and O–H groups in total. The Morgan fingerprint density at radius 2 is 2.00 bits per heavy atom. The Balaban J connectivity index is 2.02. The van der Waals surface area contributed by atoms with Gasteiger partial charge in [0.15, 0.2) is 0 Å². The lowest BCUT2D eigenvalue weighted by Gasteiger charge is -2.01. The van der Waals surface area contributed by atoms with Gasteiger partial charge in [-0.05, 0) is 32.4 Å². The number of nitrogens with zero attached hydrogens (tertiary/aromatic N) is 3. The highest BCUT2D eigenvalue weighted by molar-refractivity contribution is 7.21. The summed E-state index contributed by atoms with van der Waals surface area (Å²) in [5.74, 6) is -0.274. The third-order valence-corrected chi connectivity index (χ3v) is 4.83. The van der Waals surface area contributed by atoms with Crippen molar-refractivity contribution in [1.82, 2.24) is 15.2 Å². The number of nitrogens with two attached hydrogens (primary N) is 1. The van der Waals surface area contributed by atoms with Crippen LogP contribution in [0.3, 0.4) is 0 Å². The van der Waals surface area contributed by atoms with E-state index in [1.165, 1.54) is 22.7 Å². The van der Waals surface area contributed by atoms with E-state index >= 15 is 0 Å². The molecule has 108 valence electrons. The van der Waals surface area contributed by atoms with Crippen LogP contribution in [-0.2, 0) is 0 Å². The lowest BCUT2D eigenvalue weighted by atomic mass is 10.1. The van der Waals surface area contributed by atoms with Crippen molar-refractivity contribution in [3.05, 3.63) is 27.2 Å². The predicted octanol–water partition coefficient (Wildman–Crippen LogP) is 2.91. The Labute approximate surface area is 129 Å². The summed E-state index contributed by atoms with van der Waals surface area (Å²) in [4.78, 5) is 18.0. The standard InChI is InChI=1S/C13H13N5OS2/c1-5-4-6(2)15-12-8(5)9(14)10(21-12)11(19)16-13-18-17-7(3)20-13/h4H,14H2,1-3H3,(H,16,18,19). The molecule has 0 bridgehead atoms. The first-order chi connectivity index (χ1) is 9.95. The monoisotopic (exact) mass is 319 g/mol. The maximum atomic E-state index is 12.3. The highest BCUT2D eigenvalue weighted by atomic mass is 32.1. The number of pyridine rings is 1. The largest absolute Gasteiger partial charge is 0.397 e. The Hall–Kier alpha value is -2.06. The zero-order chi connectivity index (χ0) is 15.1. The Morgan fingerprint density at radius 1 is 1.24 bits per heavy atom. The molecular formula is C13H13N5OS2. The van der Waals surface area contributed by atoms with Crippen LogP contribution < -0.4 is 11.1 Å². The molecule has 0 atom stereocenters. The molecule has 0 aliphatic rings. The highest BCUT2D eigenvalue weighted by Crippen LogP contribution is 2.35. The molecule has 3 aromatic rings. The molecule has 6 nitrogen and oxygen atoms in total. The van der Waals surface area contributed by atoms with Crippen molar-refractivity contribution in [2.24, 2.45) is 0 Å². The topological polar surface area (TPSA) is 93.8 Å². The first-order valence-corrected chi connectivity index (χ1v) is 7.86. The van der Waals surface area contributed by atoms with Crippen LogP contribution in [0.25, 0.3) is 10.2 Å². The second-order valence-electron chi connectivity index (χ2n) is 4.69. The molecule has 0 aromatic carbocycles. The Kier molecular flexibility index (Phi) is 3.34. The average Bonchev–Trinajstić information content (AvgIpc) is 2.93. The van der Waals surface area contributed by atoms with E-state index < -0.39 is 0 Å². The first kappa shape index (κ1) is 13.9. The molecule has 3 rings (SSSR count). The fourth-order valence-corrected chi connectivity index (χ4v) is 3.84. The van der Waals surface area contributed by atoms with Gasteiger partial charge in [-0.1, -0.05) is 11.3 Å². The van der Waals surface area contributed by atoms with Crippen LogP contribution in [0.5, 0.6) is 0 Å². The number of aromatic nitrogens is 3. The van der Waals surface area contributed by atoms with Gasteiger partial charge in [0.05, 0.1) is 5.69 Å². The number of nitrogen functional groups attached to an aromatic ring is 1. The molecule has 0 saturated heterocycles. The molecule has 8 heteroatoms. The first-order valence-electron chi connectivity index (χ1n) is 6.23. The molecule has 0 saturated carbocycles. The number of fused-ring (bicyclic) bond motifs is 1. The molecular weight excluding hydrogens is 306 g/mol. The SMILES string of the molecule is Cc1cc(C)c2c(N)c(C(=O)Nc3nnc(C)s3)sc2n1. The van der Waals surface area contributed by atoms with Gasteiger partial charge in [0.1, 0.15) is 14.7 Å². The van der Waals surface area contributed by atoms with Crippen LogP contribution in [0, 0.1) is 20.8 Å². The van der Waals surface area contributed by atoms with E-state index in [2.05, 4.69) is 20.5 Å². The number of anilines is 2. The molecule has 0 fully saturated rings. The molecule has 0 aliphatic carbocycles. The molecule has 3 aromatic heterocycles. The van der Waals surface area contributed by atoms with Crippen LogP contribution in [-0.4, -0.2) is 21.1 Å². The average molecular weight is 319 g/mol. The second-order valence-corrected chi connectivity index (χ2v) is 6.87. The van der Waals surface area contributed by atoms with Crippen LogP contribution >= 0.6 is 22.7 Å². The quantitative estimate of drug-likeness (QED) is 0.757. The summed E-state index contributed by atoms with van der Waals surface area (Å²) in [6.07, 6.45) is 0. The zero-order valence-corrected chi connectivity index (χ0v) is 13.4. The minimum atomic E-state index is -0.274. The van der Waals surface area contributed by atoms with Crippen molar-refractivity contribution in [1.29, 1.82) is 0 Å². The fourth-order valence-electron chi connectivity index (χ4n) is 2.14. The van der Waals surface area contributed by atoms with Crippen molar-refractivity contribution in [2.45, 2.75) is 20.8 Å². The maximum Gasteiger partial charge on any atom is 0.269 e. The lowest BCUT2D eigenvalue weighted by molar-refractivity contribution is 0.103. The van der Waals surface area contributed by atoms with Crippen molar-refractivity contribution in [3.63, 3.8) is 0 Å². The molecule has 0 spiro atoms. The van der Waals surface area contributed by atoms with Crippen LogP contribution in [0.4, 0.5) is 10.8 Å². The van der Waals surface area contributed by atoms with E-state index in [1.54, 1.807) is 0 Å². The van der Waals surface area contributed by atoms with Gasteiger partial charge in [-0.2, -0.15) is 0 Å².